The van der Waals surface area contributed by atoms with Crippen molar-refractivity contribution in [3.63, 3.8) is 0 Å². The maximum absolute atomic E-state index is 12.7. The number of carbonyl (C=O) groups is 2. The zero-order chi connectivity index (χ0) is 20.9. The molecule has 8 nitrogen and oxygen atoms in total. The predicted molar refractivity (Wildman–Crippen MR) is 111 cm³/mol. The second kappa shape index (κ2) is 8.94. The third kappa shape index (κ3) is 4.59. The fraction of sp³-hybridized carbons (Fsp3) is 0.364. The zero-order valence-electron chi connectivity index (χ0n) is 17.0. The molecule has 0 unspecified atom stereocenters. The highest BCUT2D eigenvalue weighted by atomic mass is 16.5. The Hall–Kier alpha value is -3.42. The number of carbonyl (C=O) groups excluding carboxylic acids is 2. The van der Waals surface area contributed by atoms with Crippen molar-refractivity contribution in [2.24, 2.45) is 5.92 Å². The lowest BCUT2D eigenvalue weighted by Crippen LogP contribution is -2.46. The number of benzene rings is 1. The predicted octanol–water partition coefficient (Wildman–Crippen LogP) is 1.84. The summed E-state index contributed by atoms with van der Waals surface area (Å²) in [7, 11) is 1.64. The number of amides is 2. The molecule has 0 aliphatic carbocycles. The molecule has 1 N–H and O–H groups in total. The number of methoxy groups -OCH3 is 1. The first-order valence-corrected chi connectivity index (χ1v) is 10.1. The van der Waals surface area contributed by atoms with E-state index in [9.17, 15) is 9.59 Å². The summed E-state index contributed by atoms with van der Waals surface area (Å²) in [6.07, 6.45) is 7.14. The van der Waals surface area contributed by atoms with E-state index in [1.54, 1.807) is 18.2 Å². The molecule has 4 rings (SSSR count). The smallest absolute Gasteiger partial charge is 0.233 e. The van der Waals surface area contributed by atoms with Crippen molar-refractivity contribution in [3.05, 3.63) is 60.2 Å². The second-order valence-corrected chi connectivity index (χ2v) is 7.45. The Morgan fingerprint density at radius 1 is 1.30 bits per heavy atom. The molecule has 3 heterocycles. The van der Waals surface area contributed by atoms with Gasteiger partial charge in [0, 0.05) is 38.1 Å². The summed E-state index contributed by atoms with van der Waals surface area (Å²) in [5.74, 6) is 1.29. The quantitative estimate of drug-likeness (QED) is 0.646. The molecule has 1 atom stereocenters. The fourth-order valence-electron chi connectivity index (χ4n) is 3.69. The molecule has 0 radical (unpaired) electrons. The van der Waals surface area contributed by atoms with Crippen LogP contribution in [0.2, 0.25) is 0 Å². The first-order valence-electron chi connectivity index (χ1n) is 10.1. The van der Waals surface area contributed by atoms with E-state index < -0.39 is 0 Å². The topological polar surface area (TPSA) is 88.8 Å². The number of likely N-dealkylation sites (tertiary alicyclic amines) is 1. The Balaban J connectivity index is 1.30. The van der Waals surface area contributed by atoms with Gasteiger partial charge in [0.2, 0.25) is 17.6 Å². The average Bonchev–Trinajstić information content (AvgIpc) is 3.20. The highest BCUT2D eigenvalue weighted by Gasteiger charge is 2.29. The average molecular weight is 407 g/mol. The van der Waals surface area contributed by atoms with Crippen molar-refractivity contribution >= 4 is 17.6 Å². The summed E-state index contributed by atoms with van der Waals surface area (Å²) in [5, 5.41) is 2.96. The summed E-state index contributed by atoms with van der Waals surface area (Å²) in [6.45, 7) is 1.40. The van der Waals surface area contributed by atoms with Crippen molar-refractivity contribution in [2.75, 3.05) is 20.2 Å². The minimum atomic E-state index is -0.200. The van der Waals surface area contributed by atoms with Crippen LogP contribution in [0.25, 0.3) is 5.78 Å². The maximum atomic E-state index is 12.7. The van der Waals surface area contributed by atoms with Gasteiger partial charge in [-0.25, -0.2) is 9.97 Å². The van der Waals surface area contributed by atoms with Crippen LogP contribution in [0.15, 0.2) is 48.9 Å². The highest BCUT2D eigenvalue weighted by molar-refractivity contribution is 5.83. The van der Waals surface area contributed by atoms with E-state index in [-0.39, 0.29) is 17.7 Å². The van der Waals surface area contributed by atoms with Crippen molar-refractivity contribution in [3.8, 4) is 5.75 Å². The molecular formula is C22H25N5O3. The molecule has 1 fully saturated rings. The molecule has 1 aliphatic heterocycles. The molecule has 2 amide bonds. The number of piperidine rings is 1. The van der Waals surface area contributed by atoms with Crippen LogP contribution in [-0.4, -0.2) is 51.3 Å². The van der Waals surface area contributed by atoms with E-state index in [0.717, 1.165) is 23.4 Å². The van der Waals surface area contributed by atoms with Gasteiger partial charge in [-0.2, -0.15) is 0 Å². The van der Waals surface area contributed by atoms with Gasteiger partial charge < -0.3 is 15.0 Å². The van der Waals surface area contributed by atoms with Gasteiger partial charge in [-0.1, -0.05) is 12.1 Å². The lowest BCUT2D eigenvalue weighted by atomic mass is 9.96. The third-order valence-corrected chi connectivity index (χ3v) is 5.43. The Morgan fingerprint density at radius 3 is 2.90 bits per heavy atom. The number of hydrogen-bond donors (Lipinski definition) is 1. The van der Waals surface area contributed by atoms with E-state index in [1.807, 2.05) is 47.1 Å². The van der Waals surface area contributed by atoms with Crippen LogP contribution in [-0.2, 0) is 22.6 Å². The number of hydrogen-bond acceptors (Lipinski definition) is 5. The van der Waals surface area contributed by atoms with Crippen molar-refractivity contribution in [1.82, 2.24) is 24.6 Å². The molecule has 3 aromatic rings. The number of aromatic nitrogens is 3. The van der Waals surface area contributed by atoms with E-state index in [1.165, 1.54) is 0 Å². The summed E-state index contributed by atoms with van der Waals surface area (Å²) < 4.78 is 7.00. The van der Waals surface area contributed by atoms with Crippen LogP contribution in [0.3, 0.4) is 0 Å². The van der Waals surface area contributed by atoms with Crippen molar-refractivity contribution in [1.29, 1.82) is 0 Å². The molecule has 0 bridgehead atoms. The Morgan fingerprint density at radius 2 is 2.13 bits per heavy atom. The first-order chi connectivity index (χ1) is 14.6. The number of nitrogens with one attached hydrogen (secondary N) is 1. The summed E-state index contributed by atoms with van der Waals surface area (Å²) in [6, 6.07) is 9.66. The standard InChI is InChI=1S/C22H25N5O3/c1-30-19-6-3-16(4-7-19)9-12-26-14-17(5-8-20(26)28)21(29)24-13-18-15-27-11-2-10-23-22(27)25-18/h2-4,6-7,10-11,15,17H,5,8-9,12-14H2,1H3,(H,24,29)/t17-/m1/s1. The van der Waals surface area contributed by atoms with Crippen LogP contribution in [0.5, 0.6) is 5.75 Å². The van der Waals surface area contributed by atoms with Gasteiger partial charge in [0.05, 0.1) is 25.3 Å². The number of ether oxygens (including phenoxy) is 1. The summed E-state index contributed by atoms with van der Waals surface area (Å²) in [4.78, 5) is 35.4. The lowest BCUT2D eigenvalue weighted by Gasteiger charge is -2.32. The van der Waals surface area contributed by atoms with Gasteiger partial charge in [0.15, 0.2) is 0 Å². The molecule has 1 aromatic carbocycles. The number of imidazole rings is 1. The number of fused-ring (bicyclic) bond motifs is 1. The normalized spacial score (nSPS) is 16.6. The van der Waals surface area contributed by atoms with Crippen molar-refractivity contribution < 1.29 is 14.3 Å². The molecule has 0 saturated carbocycles. The van der Waals surface area contributed by atoms with E-state index in [4.69, 9.17) is 4.74 Å². The Bertz CT molecular complexity index is 998. The molecular weight excluding hydrogens is 382 g/mol. The van der Waals surface area contributed by atoms with Gasteiger partial charge in [-0.15, -0.1) is 0 Å². The van der Waals surface area contributed by atoms with Crippen LogP contribution < -0.4 is 10.1 Å². The lowest BCUT2D eigenvalue weighted by molar-refractivity contribution is -0.138. The molecule has 30 heavy (non-hydrogen) atoms. The minimum Gasteiger partial charge on any atom is -0.497 e. The fourth-order valence-corrected chi connectivity index (χ4v) is 3.69. The summed E-state index contributed by atoms with van der Waals surface area (Å²) in [5.41, 5.74) is 1.89. The zero-order valence-corrected chi connectivity index (χ0v) is 17.0. The SMILES string of the molecule is COc1ccc(CCN2C[C@H](C(=O)NCc3cn4cccnc4n3)CCC2=O)cc1. The van der Waals surface area contributed by atoms with Crippen molar-refractivity contribution in [2.45, 2.75) is 25.8 Å². The van der Waals surface area contributed by atoms with Gasteiger partial charge >= 0.3 is 0 Å². The third-order valence-electron chi connectivity index (χ3n) is 5.43. The minimum absolute atomic E-state index is 0.0398. The summed E-state index contributed by atoms with van der Waals surface area (Å²) >= 11 is 0. The van der Waals surface area contributed by atoms with Gasteiger partial charge in [-0.3, -0.25) is 14.0 Å². The maximum Gasteiger partial charge on any atom is 0.233 e. The Labute approximate surface area is 174 Å². The van der Waals surface area contributed by atoms with Gasteiger partial charge in [-0.05, 0) is 36.6 Å². The largest absolute Gasteiger partial charge is 0.497 e. The molecule has 1 aliphatic rings. The molecule has 0 spiro atoms. The van der Waals surface area contributed by atoms with Crippen LogP contribution in [0, 0.1) is 5.92 Å². The van der Waals surface area contributed by atoms with E-state index in [0.29, 0.717) is 38.3 Å². The highest BCUT2D eigenvalue weighted by Crippen LogP contribution is 2.19. The molecule has 1 saturated heterocycles. The van der Waals surface area contributed by atoms with Gasteiger partial charge in [0.25, 0.3) is 0 Å². The second-order valence-electron chi connectivity index (χ2n) is 7.45. The number of rotatable bonds is 7. The van der Waals surface area contributed by atoms with Crippen LogP contribution in [0.4, 0.5) is 0 Å². The van der Waals surface area contributed by atoms with Crippen LogP contribution in [0.1, 0.15) is 24.1 Å². The number of nitrogens with zero attached hydrogens (tertiary/aromatic N) is 4. The molecule has 156 valence electrons. The monoisotopic (exact) mass is 407 g/mol. The van der Waals surface area contributed by atoms with Crippen LogP contribution >= 0.6 is 0 Å². The van der Waals surface area contributed by atoms with E-state index in [2.05, 4.69) is 15.3 Å². The van der Waals surface area contributed by atoms with Gasteiger partial charge in [0.1, 0.15) is 5.75 Å². The molecule has 8 heteroatoms. The molecule has 2 aromatic heterocycles. The Kier molecular flexibility index (Phi) is 5.92. The van der Waals surface area contributed by atoms with E-state index >= 15 is 0 Å². The first kappa shape index (κ1) is 19.9.